The van der Waals surface area contributed by atoms with E-state index in [1.807, 2.05) is 27.7 Å². The molecule has 1 heterocycles. The van der Waals surface area contributed by atoms with Gasteiger partial charge in [-0.2, -0.15) is 0 Å². The zero-order chi connectivity index (χ0) is 19.5. The fourth-order valence-electron chi connectivity index (χ4n) is 3.30. The van der Waals surface area contributed by atoms with Crippen molar-refractivity contribution in [2.45, 2.75) is 71.1 Å². The molecule has 0 radical (unpaired) electrons. The van der Waals surface area contributed by atoms with Crippen molar-refractivity contribution in [3.63, 3.8) is 0 Å². The van der Waals surface area contributed by atoms with Crippen LogP contribution in [0.25, 0.3) is 0 Å². The lowest BCUT2D eigenvalue weighted by Gasteiger charge is -2.32. The third kappa shape index (κ3) is 5.20. The van der Waals surface area contributed by atoms with E-state index in [0.717, 1.165) is 36.1 Å². The second kappa shape index (κ2) is 8.39. The third-order valence-electron chi connectivity index (χ3n) is 4.69. The minimum Gasteiger partial charge on any atom is -0.465 e. The predicted octanol–water partition coefficient (Wildman–Crippen LogP) is 3.96. The molecule has 0 aromatic carbocycles. The lowest BCUT2D eigenvalue weighted by atomic mass is 9.81. The Morgan fingerprint density at radius 3 is 2.42 bits per heavy atom. The van der Waals surface area contributed by atoms with Crippen molar-refractivity contribution in [2.75, 3.05) is 7.11 Å². The molecule has 146 valence electrons. The number of carbonyl (C=O) groups is 2. The van der Waals surface area contributed by atoms with Gasteiger partial charge in [0.2, 0.25) is 0 Å². The van der Waals surface area contributed by atoms with Crippen molar-refractivity contribution in [3.05, 3.63) is 21.4 Å². The summed E-state index contributed by atoms with van der Waals surface area (Å²) in [6.45, 7) is 7.36. The van der Waals surface area contributed by atoms with E-state index in [0.29, 0.717) is 5.56 Å². The number of hydrogen-bond donors (Lipinski definition) is 2. The minimum atomic E-state index is -0.596. The molecule has 2 rings (SSSR count). The molecule has 1 saturated carbocycles. The Kier molecular flexibility index (Phi) is 6.69. The number of aliphatic hydroxyl groups is 1. The summed E-state index contributed by atoms with van der Waals surface area (Å²) in [5.74, 6) is -0.253. The Balaban J connectivity index is 1.90. The van der Waals surface area contributed by atoms with Gasteiger partial charge < -0.3 is 19.9 Å². The normalized spacial score (nSPS) is 21.8. The van der Waals surface area contributed by atoms with Gasteiger partial charge in [-0.3, -0.25) is 0 Å². The highest BCUT2D eigenvalue weighted by Gasteiger charge is 2.31. The van der Waals surface area contributed by atoms with Gasteiger partial charge in [-0.25, -0.2) is 9.59 Å². The molecule has 0 aliphatic heterocycles. The molecular formula is C19H29NO5S. The van der Waals surface area contributed by atoms with Crippen molar-refractivity contribution >= 4 is 23.4 Å². The van der Waals surface area contributed by atoms with E-state index >= 15 is 0 Å². The van der Waals surface area contributed by atoms with E-state index < -0.39 is 17.8 Å². The molecule has 1 aliphatic rings. The van der Waals surface area contributed by atoms with Gasteiger partial charge in [0.1, 0.15) is 5.60 Å². The number of nitrogens with one attached hydrogen (secondary N) is 1. The Bertz CT molecular complexity index is 641. The molecule has 6 nitrogen and oxygen atoms in total. The van der Waals surface area contributed by atoms with Crippen molar-refractivity contribution in [3.8, 4) is 0 Å². The number of amides is 1. The maximum atomic E-state index is 11.9. The summed E-state index contributed by atoms with van der Waals surface area (Å²) in [4.78, 5) is 24.4. The Labute approximate surface area is 158 Å². The summed E-state index contributed by atoms with van der Waals surface area (Å²) in [7, 11) is 1.36. The van der Waals surface area contributed by atoms with Crippen molar-refractivity contribution in [1.29, 1.82) is 0 Å². The van der Waals surface area contributed by atoms with Crippen molar-refractivity contribution in [2.24, 2.45) is 5.92 Å². The number of aliphatic hydroxyl groups excluding tert-OH is 1. The topological polar surface area (TPSA) is 84.9 Å². The smallest absolute Gasteiger partial charge is 0.407 e. The number of thiophene rings is 1. The first-order valence-corrected chi connectivity index (χ1v) is 9.84. The highest BCUT2D eigenvalue weighted by Crippen LogP contribution is 2.39. The SMILES string of the molecule is COC(=O)c1csc(C(O)C2CCC(NC(=O)OC(C)(C)C)CC2)c1C. The third-order valence-corrected chi connectivity index (χ3v) is 5.85. The molecule has 1 amide bonds. The summed E-state index contributed by atoms with van der Waals surface area (Å²) in [6.07, 6.45) is 2.24. The van der Waals surface area contributed by atoms with Crippen LogP contribution in [-0.2, 0) is 9.47 Å². The quantitative estimate of drug-likeness (QED) is 0.769. The number of rotatable bonds is 4. The van der Waals surface area contributed by atoms with Gasteiger partial charge >= 0.3 is 12.1 Å². The van der Waals surface area contributed by atoms with Crippen LogP contribution in [0.2, 0.25) is 0 Å². The fraction of sp³-hybridized carbons (Fsp3) is 0.684. The summed E-state index contributed by atoms with van der Waals surface area (Å²) in [6, 6.07) is 0.0726. The molecular weight excluding hydrogens is 354 g/mol. The first-order chi connectivity index (χ1) is 12.1. The number of esters is 1. The predicted molar refractivity (Wildman–Crippen MR) is 100 cm³/mol. The van der Waals surface area contributed by atoms with E-state index in [4.69, 9.17) is 9.47 Å². The first-order valence-electron chi connectivity index (χ1n) is 8.96. The standard InChI is InChI=1S/C19H29NO5S/c1-11-14(17(22)24-5)10-26-16(11)15(21)12-6-8-13(9-7-12)20-18(23)25-19(2,3)4/h10,12-13,15,21H,6-9H2,1-5H3,(H,20,23). The van der Waals surface area contributed by atoms with Gasteiger partial charge in [-0.05, 0) is 64.9 Å². The molecule has 1 atom stereocenters. The Hall–Kier alpha value is -1.60. The number of alkyl carbamates (subject to hydrolysis) is 1. The molecule has 0 spiro atoms. The summed E-state index contributed by atoms with van der Waals surface area (Å²) < 4.78 is 10.1. The van der Waals surface area contributed by atoms with Gasteiger partial charge in [-0.15, -0.1) is 11.3 Å². The zero-order valence-corrected chi connectivity index (χ0v) is 16.9. The van der Waals surface area contributed by atoms with Crippen LogP contribution < -0.4 is 5.32 Å². The number of ether oxygens (including phenoxy) is 2. The molecule has 1 fully saturated rings. The highest BCUT2D eigenvalue weighted by molar-refractivity contribution is 7.10. The van der Waals surface area contributed by atoms with E-state index in [9.17, 15) is 14.7 Å². The van der Waals surface area contributed by atoms with Crippen LogP contribution in [0.1, 0.15) is 73.4 Å². The average molecular weight is 384 g/mol. The van der Waals surface area contributed by atoms with Crippen LogP contribution in [-0.4, -0.2) is 35.9 Å². The van der Waals surface area contributed by atoms with E-state index in [1.165, 1.54) is 18.4 Å². The average Bonchev–Trinajstić information content (AvgIpc) is 2.94. The van der Waals surface area contributed by atoms with Crippen molar-refractivity contribution < 1.29 is 24.2 Å². The molecule has 1 aliphatic carbocycles. The second-order valence-corrected chi connectivity index (χ2v) is 8.74. The molecule has 1 aromatic heterocycles. The van der Waals surface area contributed by atoms with E-state index in [2.05, 4.69) is 5.32 Å². The van der Waals surface area contributed by atoms with E-state index in [-0.39, 0.29) is 17.9 Å². The molecule has 1 aromatic rings. The zero-order valence-electron chi connectivity index (χ0n) is 16.1. The lowest BCUT2D eigenvalue weighted by Crippen LogP contribution is -2.41. The summed E-state index contributed by atoms with van der Waals surface area (Å²) >= 11 is 1.40. The van der Waals surface area contributed by atoms with Crippen LogP contribution in [0, 0.1) is 12.8 Å². The number of methoxy groups -OCH3 is 1. The fourth-order valence-corrected chi connectivity index (χ4v) is 4.44. The molecule has 0 saturated heterocycles. The van der Waals surface area contributed by atoms with Crippen LogP contribution >= 0.6 is 11.3 Å². The largest absolute Gasteiger partial charge is 0.465 e. The first kappa shape index (κ1) is 20.7. The number of carbonyl (C=O) groups excluding carboxylic acids is 2. The van der Waals surface area contributed by atoms with Gasteiger partial charge in [-0.1, -0.05) is 0 Å². The Morgan fingerprint density at radius 2 is 1.88 bits per heavy atom. The van der Waals surface area contributed by atoms with Crippen molar-refractivity contribution in [1.82, 2.24) is 5.32 Å². The second-order valence-electron chi connectivity index (χ2n) is 7.83. The minimum absolute atomic E-state index is 0.0726. The molecule has 2 N–H and O–H groups in total. The highest BCUT2D eigenvalue weighted by atomic mass is 32.1. The maximum absolute atomic E-state index is 11.9. The van der Waals surface area contributed by atoms with Gasteiger partial charge in [0.15, 0.2) is 0 Å². The Morgan fingerprint density at radius 1 is 1.27 bits per heavy atom. The summed E-state index contributed by atoms with van der Waals surface area (Å²) in [5, 5.41) is 15.4. The van der Waals surface area contributed by atoms with E-state index in [1.54, 1.807) is 5.38 Å². The monoisotopic (exact) mass is 383 g/mol. The van der Waals surface area contributed by atoms with Gasteiger partial charge in [0.25, 0.3) is 0 Å². The van der Waals surface area contributed by atoms with Crippen LogP contribution in [0.4, 0.5) is 4.79 Å². The molecule has 1 unspecified atom stereocenters. The molecule has 0 bridgehead atoms. The van der Waals surface area contributed by atoms with Crippen LogP contribution in [0.15, 0.2) is 5.38 Å². The van der Waals surface area contributed by atoms with Gasteiger partial charge in [0.05, 0.1) is 18.8 Å². The van der Waals surface area contributed by atoms with Crippen LogP contribution in [0.5, 0.6) is 0 Å². The summed E-state index contributed by atoms with van der Waals surface area (Å²) in [5.41, 5.74) is 0.807. The molecule has 26 heavy (non-hydrogen) atoms. The molecule has 7 heteroatoms. The number of hydrogen-bond acceptors (Lipinski definition) is 6. The lowest BCUT2D eigenvalue weighted by molar-refractivity contribution is 0.0452. The van der Waals surface area contributed by atoms with Crippen LogP contribution in [0.3, 0.4) is 0 Å². The van der Waals surface area contributed by atoms with Gasteiger partial charge in [0, 0.05) is 16.3 Å². The maximum Gasteiger partial charge on any atom is 0.407 e.